The maximum atomic E-state index is 8.80. The molecule has 8 heteroatoms. The standard InChI is InChI=1S/C9H6N8/c10-2-4-1-5-7(13)16-9(14-3-11)17-8(5)15-6(4)12/h1H,(H5,12,13,14,15,16,17). The van der Waals surface area contributed by atoms with E-state index in [0.717, 1.165) is 0 Å². The van der Waals surface area contributed by atoms with Crippen molar-refractivity contribution in [3.63, 3.8) is 0 Å². The van der Waals surface area contributed by atoms with E-state index in [1.807, 2.05) is 6.07 Å². The molecule has 5 N–H and O–H groups in total. The molecule has 0 spiro atoms. The molecule has 17 heavy (non-hydrogen) atoms. The lowest BCUT2D eigenvalue weighted by Crippen LogP contribution is -2.04. The molecule has 0 bridgehead atoms. The van der Waals surface area contributed by atoms with Gasteiger partial charge in [0.15, 0.2) is 11.8 Å². The molecule has 2 aromatic heterocycles. The number of aromatic nitrogens is 3. The summed E-state index contributed by atoms with van der Waals surface area (Å²) in [5.41, 5.74) is 11.7. The minimum atomic E-state index is 0.0362. The van der Waals surface area contributed by atoms with Gasteiger partial charge in [-0.15, -0.1) is 0 Å². The highest BCUT2D eigenvalue weighted by Crippen LogP contribution is 2.21. The van der Waals surface area contributed by atoms with Gasteiger partial charge in [-0.2, -0.15) is 20.5 Å². The Balaban J connectivity index is 2.75. The number of hydrogen-bond acceptors (Lipinski definition) is 8. The highest BCUT2D eigenvalue weighted by Gasteiger charge is 2.10. The van der Waals surface area contributed by atoms with E-state index >= 15 is 0 Å². The van der Waals surface area contributed by atoms with Crippen LogP contribution in [-0.4, -0.2) is 15.0 Å². The number of hydrogen-bond donors (Lipinski definition) is 3. The lowest BCUT2D eigenvalue weighted by Gasteiger charge is -2.04. The maximum Gasteiger partial charge on any atom is 0.240 e. The van der Waals surface area contributed by atoms with E-state index < -0.39 is 0 Å². The van der Waals surface area contributed by atoms with Gasteiger partial charge in [0.2, 0.25) is 5.95 Å². The van der Waals surface area contributed by atoms with Crippen LogP contribution in [0.1, 0.15) is 5.56 Å². The number of nitrogens with zero attached hydrogens (tertiary/aromatic N) is 5. The van der Waals surface area contributed by atoms with Gasteiger partial charge in [-0.25, -0.2) is 4.98 Å². The van der Waals surface area contributed by atoms with Crippen molar-refractivity contribution < 1.29 is 0 Å². The summed E-state index contributed by atoms with van der Waals surface area (Å²) in [5, 5.41) is 19.9. The Morgan fingerprint density at radius 1 is 1.12 bits per heavy atom. The van der Waals surface area contributed by atoms with Crippen LogP contribution in [0.5, 0.6) is 0 Å². The number of pyridine rings is 1. The van der Waals surface area contributed by atoms with Gasteiger partial charge in [0.1, 0.15) is 17.7 Å². The van der Waals surface area contributed by atoms with Crippen molar-refractivity contribution in [2.45, 2.75) is 0 Å². The predicted octanol–water partition coefficient (Wildman–Crippen LogP) is -0.0461. The van der Waals surface area contributed by atoms with Crippen molar-refractivity contribution in [2.24, 2.45) is 0 Å². The zero-order valence-electron chi connectivity index (χ0n) is 8.47. The summed E-state index contributed by atoms with van der Waals surface area (Å²) in [7, 11) is 0. The molecule has 0 fully saturated rings. The second-order valence-electron chi connectivity index (χ2n) is 3.07. The lowest BCUT2D eigenvalue weighted by atomic mass is 10.2. The van der Waals surface area contributed by atoms with Crippen molar-refractivity contribution in [3.8, 4) is 12.3 Å². The fourth-order valence-electron chi connectivity index (χ4n) is 1.29. The second kappa shape index (κ2) is 3.79. The van der Waals surface area contributed by atoms with Crippen molar-refractivity contribution in [2.75, 3.05) is 16.8 Å². The number of anilines is 3. The van der Waals surface area contributed by atoms with Crippen LogP contribution in [0.3, 0.4) is 0 Å². The van der Waals surface area contributed by atoms with Crippen LogP contribution < -0.4 is 16.8 Å². The molecule has 0 aliphatic carbocycles. The monoisotopic (exact) mass is 226 g/mol. The Morgan fingerprint density at radius 3 is 2.53 bits per heavy atom. The number of nitrogens with one attached hydrogen (secondary N) is 1. The Bertz CT molecular complexity index is 678. The van der Waals surface area contributed by atoms with E-state index in [-0.39, 0.29) is 28.8 Å². The summed E-state index contributed by atoms with van der Waals surface area (Å²) in [6, 6.07) is 3.35. The van der Waals surface area contributed by atoms with Crippen LogP contribution in [0, 0.1) is 22.8 Å². The summed E-state index contributed by atoms with van der Waals surface area (Å²) < 4.78 is 0. The first-order valence-electron chi connectivity index (χ1n) is 4.44. The first-order valence-corrected chi connectivity index (χ1v) is 4.44. The molecular formula is C9H6N8. The lowest BCUT2D eigenvalue weighted by molar-refractivity contribution is 1.18. The summed E-state index contributed by atoms with van der Waals surface area (Å²) >= 11 is 0. The quantitative estimate of drug-likeness (QED) is 0.452. The molecule has 0 aliphatic heterocycles. The SMILES string of the molecule is N#CNc1nc(N)c2cc(C#N)c(N)nc2n1. The highest BCUT2D eigenvalue weighted by atomic mass is 15.1. The Kier molecular flexibility index (Phi) is 2.32. The molecule has 0 atom stereocenters. The molecular weight excluding hydrogens is 220 g/mol. The third kappa shape index (κ3) is 1.70. The molecule has 0 saturated heterocycles. The molecule has 2 rings (SSSR count). The third-order valence-corrected chi connectivity index (χ3v) is 2.03. The van der Waals surface area contributed by atoms with Crippen molar-refractivity contribution in [1.29, 1.82) is 10.5 Å². The van der Waals surface area contributed by atoms with Crippen LogP contribution in [-0.2, 0) is 0 Å². The number of nitrogens with two attached hydrogens (primary N) is 2. The Labute approximate surface area is 95.5 Å². The van der Waals surface area contributed by atoms with Crippen LogP contribution in [0.25, 0.3) is 11.0 Å². The van der Waals surface area contributed by atoms with Gasteiger partial charge in [-0.3, -0.25) is 5.32 Å². The number of fused-ring (bicyclic) bond motifs is 1. The smallest absolute Gasteiger partial charge is 0.240 e. The molecule has 2 aromatic rings. The van der Waals surface area contributed by atoms with Gasteiger partial charge in [0.05, 0.1) is 10.9 Å². The van der Waals surface area contributed by atoms with Gasteiger partial charge in [-0.1, -0.05) is 0 Å². The van der Waals surface area contributed by atoms with Crippen LogP contribution >= 0.6 is 0 Å². The highest BCUT2D eigenvalue weighted by molar-refractivity contribution is 5.89. The first-order chi connectivity index (χ1) is 8.15. The fraction of sp³-hybridized carbons (Fsp3) is 0. The van der Waals surface area contributed by atoms with E-state index in [1.54, 1.807) is 6.19 Å². The minimum Gasteiger partial charge on any atom is -0.383 e. The Morgan fingerprint density at radius 2 is 1.88 bits per heavy atom. The summed E-state index contributed by atoms with van der Waals surface area (Å²) in [4.78, 5) is 11.7. The molecule has 82 valence electrons. The number of nitriles is 2. The topological polar surface area (TPSA) is 150 Å². The molecule has 0 saturated carbocycles. The van der Waals surface area contributed by atoms with E-state index in [9.17, 15) is 0 Å². The largest absolute Gasteiger partial charge is 0.383 e. The van der Waals surface area contributed by atoms with Crippen LogP contribution in [0.15, 0.2) is 6.07 Å². The van der Waals surface area contributed by atoms with Gasteiger partial charge >= 0.3 is 0 Å². The minimum absolute atomic E-state index is 0.0362. The number of rotatable bonds is 1. The van der Waals surface area contributed by atoms with E-state index in [2.05, 4.69) is 20.3 Å². The third-order valence-electron chi connectivity index (χ3n) is 2.03. The van der Waals surface area contributed by atoms with Crippen molar-refractivity contribution in [3.05, 3.63) is 11.6 Å². The molecule has 2 heterocycles. The zero-order chi connectivity index (χ0) is 12.4. The second-order valence-corrected chi connectivity index (χ2v) is 3.07. The average Bonchev–Trinajstić information content (AvgIpc) is 2.28. The molecule has 0 amide bonds. The number of nitrogen functional groups attached to an aromatic ring is 2. The van der Waals surface area contributed by atoms with E-state index in [1.165, 1.54) is 6.07 Å². The van der Waals surface area contributed by atoms with E-state index in [0.29, 0.717) is 5.39 Å². The molecule has 0 aromatic carbocycles. The predicted molar refractivity (Wildman–Crippen MR) is 60.1 cm³/mol. The average molecular weight is 226 g/mol. The summed E-state index contributed by atoms with van der Waals surface area (Å²) in [5.74, 6) is 0.215. The van der Waals surface area contributed by atoms with Gasteiger partial charge in [0, 0.05) is 0 Å². The molecule has 8 nitrogen and oxygen atoms in total. The summed E-state index contributed by atoms with van der Waals surface area (Å²) in [6.07, 6.45) is 1.67. The zero-order valence-corrected chi connectivity index (χ0v) is 8.47. The normalized spacial score (nSPS) is 9.53. The van der Waals surface area contributed by atoms with Crippen LogP contribution in [0.4, 0.5) is 17.6 Å². The van der Waals surface area contributed by atoms with Crippen LogP contribution in [0.2, 0.25) is 0 Å². The molecule has 0 unspecified atom stereocenters. The molecule has 0 radical (unpaired) electrons. The maximum absolute atomic E-state index is 8.80. The van der Waals surface area contributed by atoms with E-state index in [4.69, 9.17) is 22.0 Å². The van der Waals surface area contributed by atoms with Crippen molar-refractivity contribution >= 4 is 28.6 Å². The summed E-state index contributed by atoms with van der Waals surface area (Å²) in [6.45, 7) is 0. The van der Waals surface area contributed by atoms with Gasteiger partial charge < -0.3 is 11.5 Å². The van der Waals surface area contributed by atoms with Gasteiger partial charge in [0.25, 0.3) is 0 Å². The first kappa shape index (κ1) is 10.4. The molecule has 0 aliphatic rings. The van der Waals surface area contributed by atoms with Gasteiger partial charge in [-0.05, 0) is 6.07 Å². The van der Waals surface area contributed by atoms with Crippen molar-refractivity contribution in [1.82, 2.24) is 15.0 Å². The Hall–Kier alpha value is -3.13. The fourth-order valence-corrected chi connectivity index (χ4v) is 1.29.